The van der Waals surface area contributed by atoms with Crippen LogP contribution < -0.4 is 5.73 Å². The number of nitrogens with two attached hydrogens (primary N) is 1. The Morgan fingerprint density at radius 2 is 2.21 bits per heavy atom. The lowest BCUT2D eigenvalue weighted by molar-refractivity contribution is -0.143. The molecule has 1 aromatic heterocycles. The molecule has 146 valence electrons. The van der Waals surface area contributed by atoms with Gasteiger partial charge in [-0.1, -0.05) is 30.4 Å². The number of hydrogen-bond acceptors (Lipinski definition) is 4. The average molecular weight is 377 g/mol. The van der Waals surface area contributed by atoms with E-state index in [-0.39, 0.29) is 5.97 Å². The Hall–Kier alpha value is -2.62. The van der Waals surface area contributed by atoms with Gasteiger partial charge in [0.05, 0.1) is 17.8 Å². The summed E-state index contributed by atoms with van der Waals surface area (Å²) in [6.45, 7) is 8.74. The molecular formula is C24H28N2O2. The molecule has 2 bridgehead atoms. The topological polar surface area (TPSA) is 65.2 Å². The number of allylic oxidation sites excluding steroid dienone is 3. The molecule has 4 rings (SSSR count). The molecule has 1 aromatic carbocycles. The number of nitrogens with zero attached hydrogens (tertiary/aromatic N) is 1. The summed E-state index contributed by atoms with van der Waals surface area (Å²) in [5, 5.41) is 1.04. The lowest BCUT2D eigenvalue weighted by Crippen LogP contribution is -2.23. The summed E-state index contributed by atoms with van der Waals surface area (Å²) in [5.41, 5.74) is 14.3. The fraction of sp³-hybridized carbons (Fsp3) is 0.417. The number of anilines is 1. The Morgan fingerprint density at radius 3 is 3.00 bits per heavy atom. The van der Waals surface area contributed by atoms with Gasteiger partial charge < -0.3 is 10.5 Å². The molecule has 28 heavy (non-hydrogen) atoms. The quantitative estimate of drug-likeness (QED) is 0.568. The highest BCUT2D eigenvalue weighted by Crippen LogP contribution is 2.51. The number of esters is 1. The third kappa shape index (κ3) is 3.32. The van der Waals surface area contributed by atoms with Gasteiger partial charge in [0.1, 0.15) is 0 Å². The Kier molecular flexibility index (Phi) is 4.96. The molecule has 0 aliphatic heterocycles. The van der Waals surface area contributed by atoms with Crippen LogP contribution in [0.25, 0.3) is 16.5 Å². The summed E-state index contributed by atoms with van der Waals surface area (Å²) in [6.07, 6.45) is 6.62. The molecule has 0 saturated heterocycles. The van der Waals surface area contributed by atoms with Gasteiger partial charge >= 0.3 is 5.97 Å². The lowest BCUT2D eigenvalue weighted by atomic mass is 9.68. The van der Waals surface area contributed by atoms with Crippen molar-refractivity contribution in [3.05, 3.63) is 53.2 Å². The van der Waals surface area contributed by atoms with E-state index in [1.54, 1.807) is 0 Å². The minimum absolute atomic E-state index is 0.107. The Balaban J connectivity index is 1.61. The predicted molar refractivity (Wildman–Crippen MR) is 114 cm³/mol. The normalized spacial score (nSPS) is 20.6. The molecule has 1 heterocycles. The van der Waals surface area contributed by atoms with Gasteiger partial charge in [0.2, 0.25) is 0 Å². The van der Waals surface area contributed by atoms with E-state index in [4.69, 9.17) is 15.5 Å². The SMILES string of the molecule is C=C1c2nc3cc(C)ccc3c(N)c2C2CC(CCCC(=O)OCC)=CC1C2. The van der Waals surface area contributed by atoms with E-state index in [0.717, 1.165) is 53.5 Å². The molecule has 0 saturated carbocycles. The van der Waals surface area contributed by atoms with Gasteiger partial charge in [-0.05, 0) is 62.7 Å². The van der Waals surface area contributed by atoms with Gasteiger partial charge in [0.25, 0.3) is 0 Å². The maximum absolute atomic E-state index is 11.6. The number of benzene rings is 1. The van der Waals surface area contributed by atoms with E-state index in [0.29, 0.717) is 24.9 Å². The highest BCUT2D eigenvalue weighted by molar-refractivity contribution is 5.95. The van der Waals surface area contributed by atoms with Crippen molar-refractivity contribution in [2.24, 2.45) is 5.92 Å². The van der Waals surface area contributed by atoms with Crippen LogP contribution in [-0.4, -0.2) is 17.6 Å². The summed E-state index contributed by atoms with van der Waals surface area (Å²) in [7, 11) is 0. The number of ether oxygens (including phenoxy) is 1. The molecule has 2 aliphatic rings. The molecule has 2 unspecified atom stereocenters. The van der Waals surface area contributed by atoms with Crippen molar-refractivity contribution in [2.75, 3.05) is 12.3 Å². The number of nitrogen functional groups attached to an aromatic ring is 1. The highest BCUT2D eigenvalue weighted by Gasteiger charge is 2.35. The second-order valence-electron chi connectivity index (χ2n) is 8.06. The van der Waals surface area contributed by atoms with E-state index in [9.17, 15) is 4.79 Å². The number of pyridine rings is 1. The first-order chi connectivity index (χ1) is 13.5. The zero-order chi connectivity index (χ0) is 19.8. The summed E-state index contributed by atoms with van der Waals surface area (Å²) in [6, 6.07) is 6.27. The van der Waals surface area contributed by atoms with Gasteiger partial charge in [0.15, 0.2) is 0 Å². The van der Waals surface area contributed by atoms with Crippen LogP contribution in [0.4, 0.5) is 5.69 Å². The zero-order valence-corrected chi connectivity index (χ0v) is 16.8. The van der Waals surface area contributed by atoms with Crippen LogP contribution >= 0.6 is 0 Å². The molecule has 0 amide bonds. The van der Waals surface area contributed by atoms with Gasteiger partial charge in [0, 0.05) is 29.0 Å². The number of aromatic nitrogens is 1. The molecule has 4 nitrogen and oxygen atoms in total. The maximum Gasteiger partial charge on any atom is 0.305 e. The Labute approximate surface area is 166 Å². The fourth-order valence-corrected chi connectivity index (χ4v) is 4.72. The molecular weight excluding hydrogens is 348 g/mol. The number of carbonyl (C=O) groups excluding carboxylic acids is 1. The van der Waals surface area contributed by atoms with Gasteiger partial charge in [-0.3, -0.25) is 4.79 Å². The van der Waals surface area contributed by atoms with Crippen molar-refractivity contribution in [3.8, 4) is 0 Å². The number of fused-ring (bicyclic) bond motifs is 5. The van der Waals surface area contributed by atoms with Crippen LogP contribution in [0.5, 0.6) is 0 Å². The fourth-order valence-electron chi connectivity index (χ4n) is 4.72. The summed E-state index contributed by atoms with van der Waals surface area (Å²) in [5.74, 6) is 0.591. The van der Waals surface area contributed by atoms with Crippen molar-refractivity contribution in [2.45, 2.75) is 51.9 Å². The Morgan fingerprint density at radius 1 is 1.39 bits per heavy atom. The van der Waals surface area contributed by atoms with E-state index < -0.39 is 0 Å². The number of carbonyl (C=O) groups is 1. The van der Waals surface area contributed by atoms with E-state index >= 15 is 0 Å². The standard InChI is InChI=1S/C24H28N2O2/c1-4-28-21(27)7-5-6-16-11-17-13-18(12-16)22-23(25)19-9-8-14(2)10-20(19)26-24(22)15(17)3/h8-11,17-18H,3-7,12-13H2,1-2H3,(H2,25,26). The monoisotopic (exact) mass is 376 g/mol. The first-order valence-corrected chi connectivity index (χ1v) is 10.2. The van der Waals surface area contributed by atoms with Gasteiger partial charge in [-0.25, -0.2) is 4.98 Å². The Bertz CT molecular complexity index is 990. The van der Waals surface area contributed by atoms with Crippen molar-refractivity contribution in [1.29, 1.82) is 0 Å². The van der Waals surface area contributed by atoms with Crippen LogP contribution in [-0.2, 0) is 9.53 Å². The smallest absolute Gasteiger partial charge is 0.305 e. The van der Waals surface area contributed by atoms with Crippen molar-refractivity contribution in [3.63, 3.8) is 0 Å². The predicted octanol–water partition coefficient (Wildman–Crippen LogP) is 5.31. The minimum atomic E-state index is -0.107. The van der Waals surface area contributed by atoms with Crippen LogP contribution in [0.15, 0.2) is 36.4 Å². The maximum atomic E-state index is 11.6. The number of hydrogen-bond donors (Lipinski definition) is 1. The molecule has 0 spiro atoms. The molecule has 2 atom stereocenters. The summed E-state index contributed by atoms with van der Waals surface area (Å²) < 4.78 is 5.04. The largest absolute Gasteiger partial charge is 0.466 e. The van der Waals surface area contributed by atoms with Crippen LogP contribution in [0.2, 0.25) is 0 Å². The summed E-state index contributed by atoms with van der Waals surface area (Å²) >= 11 is 0. The number of rotatable bonds is 5. The first kappa shape index (κ1) is 18.7. The van der Waals surface area contributed by atoms with E-state index in [1.165, 1.54) is 16.7 Å². The second kappa shape index (κ2) is 7.42. The van der Waals surface area contributed by atoms with Crippen LogP contribution in [0, 0.1) is 12.8 Å². The van der Waals surface area contributed by atoms with Gasteiger partial charge in [-0.15, -0.1) is 0 Å². The van der Waals surface area contributed by atoms with Crippen molar-refractivity contribution < 1.29 is 9.53 Å². The zero-order valence-electron chi connectivity index (χ0n) is 16.8. The highest BCUT2D eigenvalue weighted by atomic mass is 16.5. The summed E-state index contributed by atoms with van der Waals surface area (Å²) in [4.78, 5) is 16.6. The van der Waals surface area contributed by atoms with Crippen LogP contribution in [0.1, 0.15) is 61.8 Å². The molecule has 2 aliphatic carbocycles. The molecule has 0 fully saturated rings. The average Bonchev–Trinajstić information content (AvgIpc) is 2.66. The molecule has 2 aromatic rings. The lowest BCUT2D eigenvalue weighted by Gasteiger charge is -2.37. The van der Waals surface area contributed by atoms with Gasteiger partial charge in [-0.2, -0.15) is 0 Å². The second-order valence-corrected chi connectivity index (χ2v) is 8.06. The molecule has 4 heteroatoms. The molecule has 2 N–H and O–H groups in total. The van der Waals surface area contributed by atoms with E-state index in [1.807, 2.05) is 6.92 Å². The van der Waals surface area contributed by atoms with Crippen LogP contribution in [0.3, 0.4) is 0 Å². The third-order valence-corrected chi connectivity index (χ3v) is 6.05. The van der Waals surface area contributed by atoms with Crippen molar-refractivity contribution >= 4 is 28.1 Å². The first-order valence-electron chi connectivity index (χ1n) is 10.2. The van der Waals surface area contributed by atoms with Crippen molar-refractivity contribution in [1.82, 2.24) is 4.98 Å². The minimum Gasteiger partial charge on any atom is -0.466 e. The molecule has 0 radical (unpaired) electrons. The third-order valence-electron chi connectivity index (χ3n) is 6.05. The van der Waals surface area contributed by atoms with E-state index in [2.05, 4.69) is 37.8 Å². The number of aryl methyl sites for hydroxylation is 1.